The zero-order valence-electron chi connectivity index (χ0n) is 17.0. The van der Waals surface area contributed by atoms with Crippen molar-refractivity contribution in [3.63, 3.8) is 0 Å². The van der Waals surface area contributed by atoms with Gasteiger partial charge in [0.05, 0.1) is 11.3 Å². The van der Waals surface area contributed by atoms with Gasteiger partial charge in [0.2, 0.25) is 0 Å². The van der Waals surface area contributed by atoms with E-state index >= 15 is 0 Å². The zero-order chi connectivity index (χ0) is 22.4. The van der Waals surface area contributed by atoms with Gasteiger partial charge >= 0.3 is 23.9 Å². The highest BCUT2D eigenvalue weighted by molar-refractivity contribution is 5.88. The predicted molar refractivity (Wildman–Crippen MR) is 104 cm³/mol. The molecule has 8 nitrogen and oxygen atoms in total. The fourth-order valence-electron chi connectivity index (χ4n) is 3.33. The minimum Gasteiger partial charge on any atom is -0.481 e. The van der Waals surface area contributed by atoms with Crippen LogP contribution < -0.4 is 0 Å². The van der Waals surface area contributed by atoms with Crippen molar-refractivity contribution in [2.45, 2.75) is 40.0 Å². The number of carbonyl (C=O) groups is 4. The van der Waals surface area contributed by atoms with E-state index in [4.69, 9.17) is 9.47 Å². The fraction of sp³-hybridized carbons (Fsp3) is 0.524. The van der Waals surface area contributed by atoms with Crippen LogP contribution in [0.2, 0.25) is 0 Å². The molecule has 29 heavy (non-hydrogen) atoms. The van der Waals surface area contributed by atoms with Gasteiger partial charge in [0.25, 0.3) is 0 Å². The average molecular weight is 408 g/mol. The maximum Gasteiger partial charge on any atom is 0.333 e. The van der Waals surface area contributed by atoms with Gasteiger partial charge in [-0.15, -0.1) is 0 Å². The summed E-state index contributed by atoms with van der Waals surface area (Å²) in [6, 6.07) is 0. The van der Waals surface area contributed by atoms with E-state index in [1.165, 1.54) is 19.9 Å². The molecule has 8 heteroatoms. The van der Waals surface area contributed by atoms with Crippen LogP contribution in [-0.2, 0) is 28.7 Å². The van der Waals surface area contributed by atoms with Gasteiger partial charge in [-0.3, -0.25) is 9.59 Å². The van der Waals surface area contributed by atoms with Gasteiger partial charge in [0.15, 0.2) is 0 Å². The molecular weight excluding hydrogens is 380 g/mol. The topological polar surface area (TPSA) is 127 Å². The molecule has 0 radical (unpaired) electrons. The molecule has 0 saturated heterocycles. The molecule has 0 aliphatic heterocycles. The Labute approximate surface area is 169 Å². The van der Waals surface area contributed by atoms with E-state index in [1.807, 2.05) is 0 Å². The Hall–Kier alpha value is -2.90. The lowest BCUT2D eigenvalue weighted by Crippen LogP contribution is -2.48. The fourth-order valence-corrected chi connectivity index (χ4v) is 3.33. The van der Waals surface area contributed by atoms with Crippen LogP contribution in [0.15, 0.2) is 36.5 Å². The van der Waals surface area contributed by atoms with Crippen molar-refractivity contribution in [2.75, 3.05) is 13.2 Å². The van der Waals surface area contributed by atoms with Crippen LogP contribution in [0.5, 0.6) is 0 Å². The van der Waals surface area contributed by atoms with E-state index in [-0.39, 0.29) is 37.2 Å². The number of carboxylic acids is 2. The number of allylic oxidation sites excluding steroid dienone is 1. The standard InChI is InChI=1S/C21H28O8/c1-13(2)17(24)28-11-20(5,12-29-18(25)14(3)4)10-21(19(26)27)9-7-6-8-15(21)16(22)23/h7,9,15H,1,3,6,8,10-12H2,2,4-5H3,(H,22,23)(H,26,27). The molecule has 1 rings (SSSR count). The molecule has 160 valence electrons. The van der Waals surface area contributed by atoms with Crippen LogP contribution in [0.4, 0.5) is 0 Å². The van der Waals surface area contributed by atoms with E-state index in [0.717, 1.165) is 0 Å². The number of hydrogen-bond donors (Lipinski definition) is 2. The lowest BCUT2D eigenvalue weighted by Gasteiger charge is -2.41. The molecule has 0 spiro atoms. The summed E-state index contributed by atoms with van der Waals surface area (Å²) in [5, 5.41) is 19.6. The molecule has 2 N–H and O–H groups in total. The average Bonchev–Trinajstić information content (AvgIpc) is 2.64. The van der Waals surface area contributed by atoms with Gasteiger partial charge < -0.3 is 19.7 Å². The number of esters is 2. The lowest BCUT2D eigenvalue weighted by molar-refractivity contribution is -0.166. The maximum atomic E-state index is 12.2. The van der Waals surface area contributed by atoms with E-state index in [1.54, 1.807) is 13.0 Å². The molecule has 0 heterocycles. The molecule has 0 saturated carbocycles. The van der Waals surface area contributed by atoms with Crippen LogP contribution in [0, 0.1) is 16.7 Å². The Morgan fingerprint density at radius 3 is 1.93 bits per heavy atom. The van der Waals surface area contributed by atoms with Crippen LogP contribution in [-0.4, -0.2) is 47.3 Å². The molecule has 0 bridgehead atoms. The summed E-state index contributed by atoms with van der Waals surface area (Å²) in [4.78, 5) is 47.7. The van der Waals surface area contributed by atoms with Gasteiger partial charge in [-0.1, -0.05) is 32.2 Å². The Kier molecular flexibility index (Phi) is 7.94. The number of rotatable bonds is 10. The van der Waals surface area contributed by atoms with Gasteiger partial charge in [-0.2, -0.15) is 0 Å². The first kappa shape index (κ1) is 24.1. The number of carboxylic acid groups (broad SMARTS) is 2. The number of aliphatic carboxylic acids is 2. The first-order chi connectivity index (χ1) is 13.3. The molecular formula is C21H28O8. The Balaban J connectivity index is 3.26. The summed E-state index contributed by atoms with van der Waals surface area (Å²) < 4.78 is 10.4. The zero-order valence-corrected chi connectivity index (χ0v) is 17.0. The molecule has 0 amide bonds. The van der Waals surface area contributed by atoms with E-state index in [9.17, 15) is 29.4 Å². The monoisotopic (exact) mass is 408 g/mol. The number of hydrogen-bond acceptors (Lipinski definition) is 6. The van der Waals surface area contributed by atoms with Crippen molar-refractivity contribution in [3.05, 3.63) is 36.5 Å². The highest BCUT2D eigenvalue weighted by Gasteiger charge is 2.52. The first-order valence-corrected chi connectivity index (χ1v) is 9.14. The SMILES string of the molecule is C=C(C)C(=O)OCC(C)(COC(=O)C(=C)C)CC1(C(=O)O)C=CCCC1C(=O)O. The van der Waals surface area contributed by atoms with Crippen molar-refractivity contribution in [1.82, 2.24) is 0 Å². The van der Waals surface area contributed by atoms with Crippen LogP contribution in [0.3, 0.4) is 0 Å². The van der Waals surface area contributed by atoms with E-state index in [2.05, 4.69) is 13.2 Å². The van der Waals surface area contributed by atoms with Gasteiger partial charge in [0.1, 0.15) is 13.2 Å². The number of ether oxygens (including phenoxy) is 2. The normalized spacial score (nSPS) is 21.1. The molecule has 1 aliphatic carbocycles. The van der Waals surface area contributed by atoms with E-state index < -0.39 is 40.6 Å². The van der Waals surface area contributed by atoms with Gasteiger partial charge in [-0.05, 0) is 33.1 Å². The summed E-state index contributed by atoms with van der Waals surface area (Å²) in [5.74, 6) is -5.05. The molecule has 0 aromatic carbocycles. The Morgan fingerprint density at radius 1 is 1.07 bits per heavy atom. The second-order valence-corrected chi connectivity index (χ2v) is 7.92. The van der Waals surface area contributed by atoms with Crippen LogP contribution >= 0.6 is 0 Å². The largest absolute Gasteiger partial charge is 0.481 e. The minimum atomic E-state index is -1.73. The smallest absolute Gasteiger partial charge is 0.333 e. The Morgan fingerprint density at radius 2 is 1.55 bits per heavy atom. The van der Waals surface area contributed by atoms with Gasteiger partial charge in [-0.25, -0.2) is 9.59 Å². The highest BCUT2D eigenvalue weighted by Crippen LogP contribution is 2.46. The lowest BCUT2D eigenvalue weighted by atomic mass is 9.62. The van der Waals surface area contributed by atoms with Crippen molar-refractivity contribution in [2.24, 2.45) is 16.7 Å². The summed E-state index contributed by atoms with van der Waals surface area (Å²) in [6.07, 6.45) is 3.41. The first-order valence-electron chi connectivity index (χ1n) is 9.14. The summed E-state index contributed by atoms with van der Waals surface area (Å²) in [7, 11) is 0. The third-order valence-corrected chi connectivity index (χ3v) is 4.88. The van der Waals surface area contributed by atoms with Crippen molar-refractivity contribution in [3.8, 4) is 0 Å². The summed E-state index contributed by atoms with van der Waals surface area (Å²) in [6.45, 7) is 10.9. The second kappa shape index (κ2) is 9.54. The van der Waals surface area contributed by atoms with Crippen LogP contribution in [0.25, 0.3) is 0 Å². The molecule has 0 fully saturated rings. The molecule has 2 unspecified atom stereocenters. The van der Waals surface area contributed by atoms with Crippen LogP contribution in [0.1, 0.15) is 40.0 Å². The number of carbonyl (C=O) groups excluding carboxylic acids is 2. The molecule has 2 atom stereocenters. The third-order valence-electron chi connectivity index (χ3n) is 4.88. The molecule has 1 aliphatic rings. The summed E-state index contributed by atoms with van der Waals surface area (Å²) in [5.41, 5.74) is -2.59. The van der Waals surface area contributed by atoms with Crippen molar-refractivity contribution < 1.29 is 38.9 Å². The van der Waals surface area contributed by atoms with Gasteiger partial charge in [0, 0.05) is 16.6 Å². The minimum absolute atomic E-state index is 0.153. The van der Waals surface area contributed by atoms with Crippen molar-refractivity contribution in [1.29, 1.82) is 0 Å². The third kappa shape index (κ3) is 6.04. The maximum absolute atomic E-state index is 12.2. The van der Waals surface area contributed by atoms with E-state index in [0.29, 0.717) is 6.42 Å². The highest BCUT2D eigenvalue weighted by atomic mass is 16.5. The molecule has 0 aromatic rings. The second-order valence-electron chi connectivity index (χ2n) is 7.92. The predicted octanol–water partition coefficient (Wildman–Crippen LogP) is 2.74. The Bertz CT molecular complexity index is 718. The van der Waals surface area contributed by atoms with Crippen molar-refractivity contribution >= 4 is 23.9 Å². The summed E-state index contributed by atoms with van der Waals surface area (Å²) >= 11 is 0. The molecule has 0 aromatic heterocycles. The quantitative estimate of drug-likeness (QED) is 0.321.